The summed E-state index contributed by atoms with van der Waals surface area (Å²) in [6.07, 6.45) is 3.25. The first-order valence-corrected chi connectivity index (χ1v) is 9.20. The Morgan fingerprint density at radius 3 is 2.63 bits per heavy atom. The van der Waals surface area contributed by atoms with Gasteiger partial charge in [0.25, 0.3) is 0 Å². The van der Waals surface area contributed by atoms with Gasteiger partial charge in [-0.2, -0.15) is 0 Å². The van der Waals surface area contributed by atoms with Crippen molar-refractivity contribution in [2.24, 2.45) is 0 Å². The number of amides is 1. The highest BCUT2D eigenvalue weighted by atomic mass is 16.4. The molecule has 0 aliphatic carbocycles. The molecule has 1 heterocycles. The summed E-state index contributed by atoms with van der Waals surface area (Å²) in [6, 6.07) is 12.2. The van der Waals surface area contributed by atoms with Gasteiger partial charge in [0, 0.05) is 30.1 Å². The fourth-order valence-corrected chi connectivity index (χ4v) is 3.77. The molecule has 0 unspecified atom stereocenters. The first-order valence-electron chi connectivity index (χ1n) is 9.20. The van der Waals surface area contributed by atoms with Gasteiger partial charge in [-0.15, -0.1) is 0 Å². The van der Waals surface area contributed by atoms with Crippen molar-refractivity contribution in [1.29, 1.82) is 0 Å². The minimum Gasteiger partial charge on any atom is -0.478 e. The van der Waals surface area contributed by atoms with Crippen LogP contribution in [0.25, 0.3) is 17.2 Å². The quantitative estimate of drug-likeness (QED) is 0.794. The fourth-order valence-electron chi connectivity index (χ4n) is 3.77. The lowest BCUT2D eigenvalue weighted by atomic mass is 9.76. The maximum atomic E-state index is 12.6. The van der Waals surface area contributed by atoms with Gasteiger partial charge in [-0.05, 0) is 59.9 Å². The zero-order chi connectivity index (χ0) is 19.8. The number of rotatable bonds is 4. The molecule has 1 aliphatic heterocycles. The Labute approximate surface area is 160 Å². The monoisotopic (exact) mass is 363 g/mol. The smallest absolute Gasteiger partial charge is 0.328 e. The van der Waals surface area contributed by atoms with Crippen LogP contribution in [0, 0.1) is 6.92 Å². The second-order valence-electron chi connectivity index (χ2n) is 7.68. The molecule has 140 valence electrons. The van der Waals surface area contributed by atoms with Crippen molar-refractivity contribution in [3.05, 3.63) is 59.2 Å². The molecule has 1 amide bonds. The average Bonchev–Trinajstić information content (AvgIpc) is 2.60. The topological polar surface area (TPSA) is 57.6 Å². The van der Waals surface area contributed by atoms with E-state index in [-0.39, 0.29) is 11.3 Å². The lowest BCUT2D eigenvalue weighted by Gasteiger charge is -2.38. The van der Waals surface area contributed by atoms with Crippen LogP contribution < -0.4 is 4.90 Å². The summed E-state index contributed by atoms with van der Waals surface area (Å²) in [6.45, 7) is 8.89. The Morgan fingerprint density at radius 2 is 1.96 bits per heavy atom. The second kappa shape index (κ2) is 7.03. The number of carboxylic acid groups (broad SMARTS) is 1. The Kier molecular flexibility index (Phi) is 4.92. The zero-order valence-electron chi connectivity index (χ0n) is 16.2. The third-order valence-electron chi connectivity index (χ3n) is 5.22. The van der Waals surface area contributed by atoms with Gasteiger partial charge in [0.15, 0.2) is 0 Å². The van der Waals surface area contributed by atoms with Gasteiger partial charge in [0.2, 0.25) is 5.91 Å². The van der Waals surface area contributed by atoms with Gasteiger partial charge in [-0.25, -0.2) is 4.79 Å². The molecule has 2 aromatic carbocycles. The molecular weight excluding hydrogens is 338 g/mol. The molecule has 0 spiro atoms. The van der Waals surface area contributed by atoms with E-state index in [1.165, 1.54) is 5.56 Å². The third kappa shape index (κ3) is 3.65. The summed E-state index contributed by atoms with van der Waals surface area (Å²) in [5.74, 6) is -0.813. The van der Waals surface area contributed by atoms with Crippen molar-refractivity contribution in [2.45, 2.75) is 39.5 Å². The molecule has 0 fully saturated rings. The van der Waals surface area contributed by atoms with Crippen LogP contribution in [0.3, 0.4) is 0 Å². The molecule has 0 bridgehead atoms. The van der Waals surface area contributed by atoms with Crippen molar-refractivity contribution in [2.75, 3.05) is 11.4 Å². The number of hydrogen-bond acceptors (Lipinski definition) is 2. The maximum absolute atomic E-state index is 12.6. The average molecular weight is 363 g/mol. The van der Waals surface area contributed by atoms with E-state index in [0.29, 0.717) is 13.0 Å². The van der Waals surface area contributed by atoms with Gasteiger partial charge in [0.05, 0.1) is 0 Å². The van der Waals surface area contributed by atoms with Crippen LogP contribution in [0.1, 0.15) is 43.9 Å². The summed E-state index contributed by atoms with van der Waals surface area (Å²) in [5, 5.41) is 8.85. The molecule has 1 N–H and O–H groups in total. The number of carbonyl (C=O) groups is 2. The third-order valence-corrected chi connectivity index (χ3v) is 5.22. The van der Waals surface area contributed by atoms with E-state index in [9.17, 15) is 9.59 Å². The van der Waals surface area contributed by atoms with E-state index < -0.39 is 5.97 Å². The van der Waals surface area contributed by atoms with Crippen LogP contribution in [0.4, 0.5) is 5.69 Å². The number of fused-ring (bicyclic) bond motifs is 1. The number of anilines is 1. The lowest BCUT2D eigenvalue weighted by Crippen LogP contribution is -2.41. The predicted molar refractivity (Wildman–Crippen MR) is 109 cm³/mol. The van der Waals surface area contributed by atoms with Gasteiger partial charge in [-0.3, -0.25) is 4.79 Å². The highest BCUT2D eigenvalue weighted by Crippen LogP contribution is 2.42. The molecule has 0 saturated heterocycles. The summed E-state index contributed by atoms with van der Waals surface area (Å²) in [4.78, 5) is 25.2. The Morgan fingerprint density at radius 1 is 1.22 bits per heavy atom. The number of benzene rings is 2. The largest absolute Gasteiger partial charge is 0.478 e. The summed E-state index contributed by atoms with van der Waals surface area (Å²) in [7, 11) is 0. The first-order chi connectivity index (χ1) is 12.7. The van der Waals surface area contributed by atoms with E-state index in [0.717, 1.165) is 34.0 Å². The first kappa shape index (κ1) is 18.9. The molecule has 3 rings (SSSR count). The van der Waals surface area contributed by atoms with Gasteiger partial charge >= 0.3 is 5.97 Å². The van der Waals surface area contributed by atoms with Gasteiger partial charge < -0.3 is 10.0 Å². The molecule has 0 atom stereocenters. The normalized spacial score (nSPS) is 15.9. The van der Waals surface area contributed by atoms with Crippen molar-refractivity contribution in [3.8, 4) is 11.1 Å². The van der Waals surface area contributed by atoms with Crippen molar-refractivity contribution in [3.63, 3.8) is 0 Å². The molecule has 0 radical (unpaired) electrons. The number of nitrogens with zero attached hydrogens (tertiary/aromatic N) is 1. The van der Waals surface area contributed by atoms with Crippen molar-refractivity contribution >= 4 is 23.6 Å². The second-order valence-corrected chi connectivity index (χ2v) is 7.68. The lowest BCUT2D eigenvalue weighted by molar-refractivity contribution is -0.131. The Bertz CT molecular complexity index is 941. The molecule has 27 heavy (non-hydrogen) atoms. The zero-order valence-corrected chi connectivity index (χ0v) is 16.2. The highest BCUT2D eigenvalue weighted by molar-refractivity contribution is 5.98. The van der Waals surface area contributed by atoms with E-state index in [4.69, 9.17) is 5.11 Å². The molecule has 1 aliphatic rings. The van der Waals surface area contributed by atoms with Crippen LogP contribution in [-0.4, -0.2) is 23.5 Å². The van der Waals surface area contributed by atoms with Crippen LogP contribution in [0.15, 0.2) is 42.5 Å². The molecular formula is C23H25NO3. The highest BCUT2D eigenvalue weighted by Gasteiger charge is 2.36. The number of carbonyl (C=O) groups excluding carboxylic acids is 1. The van der Waals surface area contributed by atoms with Crippen LogP contribution >= 0.6 is 0 Å². The van der Waals surface area contributed by atoms with Gasteiger partial charge in [0.1, 0.15) is 0 Å². The number of carboxylic acids is 1. The van der Waals surface area contributed by atoms with E-state index in [2.05, 4.69) is 32.0 Å². The van der Waals surface area contributed by atoms with E-state index in [1.807, 2.05) is 36.9 Å². The maximum Gasteiger partial charge on any atom is 0.328 e. The molecule has 4 heteroatoms. The molecule has 4 nitrogen and oxygen atoms in total. The van der Waals surface area contributed by atoms with Crippen LogP contribution in [0.2, 0.25) is 0 Å². The standard InChI is InChI=1S/C23H25NO3/c1-5-24-20-13-17(9-10-19(20)23(3,4)14-21(24)25)18-12-16(7-6-15(18)2)8-11-22(26)27/h6-13H,5,14H2,1-4H3,(H,26,27)/b11-8+. The van der Waals surface area contributed by atoms with Crippen molar-refractivity contribution in [1.82, 2.24) is 0 Å². The summed E-state index contributed by atoms with van der Waals surface area (Å²) >= 11 is 0. The Hall–Kier alpha value is -2.88. The number of aliphatic carboxylic acids is 1. The molecule has 2 aromatic rings. The number of hydrogen-bond donors (Lipinski definition) is 1. The fraction of sp³-hybridized carbons (Fsp3) is 0.304. The van der Waals surface area contributed by atoms with Gasteiger partial charge in [-0.1, -0.05) is 38.1 Å². The predicted octanol–water partition coefficient (Wildman–Crippen LogP) is 4.79. The SMILES string of the molecule is CCN1C(=O)CC(C)(C)c2ccc(-c3cc(/C=C/C(=O)O)ccc3C)cc21. The minimum atomic E-state index is -0.967. The summed E-state index contributed by atoms with van der Waals surface area (Å²) in [5.41, 5.74) is 5.98. The Balaban J connectivity index is 2.12. The van der Waals surface area contributed by atoms with E-state index >= 15 is 0 Å². The molecule has 0 saturated carbocycles. The van der Waals surface area contributed by atoms with Crippen molar-refractivity contribution < 1.29 is 14.7 Å². The minimum absolute atomic E-state index is 0.155. The van der Waals surface area contributed by atoms with Crippen LogP contribution in [0.5, 0.6) is 0 Å². The number of aryl methyl sites for hydroxylation is 1. The molecule has 0 aromatic heterocycles. The van der Waals surface area contributed by atoms with Crippen LogP contribution in [-0.2, 0) is 15.0 Å². The van der Waals surface area contributed by atoms with E-state index in [1.54, 1.807) is 6.08 Å². The summed E-state index contributed by atoms with van der Waals surface area (Å²) < 4.78 is 0.